The van der Waals surface area contributed by atoms with Crippen molar-refractivity contribution in [2.45, 2.75) is 38.6 Å². The van der Waals surface area contributed by atoms with E-state index >= 15 is 0 Å². The minimum atomic E-state index is -0.000621. The molecule has 0 bridgehead atoms. The fraction of sp³-hybridized carbons (Fsp3) is 0.438. The Morgan fingerprint density at radius 2 is 2.00 bits per heavy atom. The molecule has 1 saturated heterocycles. The highest BCUT2D eigenvalue weighted by Crippen LogP contribution is 2.31. The summed E-state index contributed by atoms with van der Waals surface area (Å²) in [6, 6.07) is 7.47. The SMILES string of the molecule is CC(C)(C)c1nnc(NC[C@@H]2CC(=O)N2c2ccc(Cl)cc2)s1. The van der Waals surface area contributed by atoms with Crippen LogP contribution >= 0.6 is 22.9 Å². The third kappa shape index (κ3) is 3.48. The number of carbonyl (C=O) groups is 1. The molecule has 1 aromatic carbocycles. The smallest absolute Gasteiger partial charge is 0.229 e. The number of nitrogens with zero attached hydrogens (tertiary/aromatic N) is 3. The number of carbonyl (C=O) groups excluding carboxylic acids is 1. The minimum Gasteiger partial charge on any atom is -0.358 e. The second kappa shape index (κ2) is 6.09. The average molecular weight is 351 g/mol. The van der Waals surface area contributed by atoms with Gasteiger partial charge in [0.05, 0.1) is 6.04 Å². The first-order valence-electron chi connectivity index (χ1n) is 7.50. The van der Waals surface area contributed by atoms with Crippen molar-refractivity contribution in [3.63, 3.8) is 0 Å². The van der Waals surface area contributed by atoms with Crippen molar-refractivity contribution in [1.82, 2.24) is 10.2 Å². The van der Waals surface area contributed by atoms with Crippen LogP contribution in [-0.2, 0) is 10.2 Å². The molecule has 0 radical (unpaired) electrons. The maximum atomic E-state index is 11.9. The number of halogens is 1. The van der Waals surface area contributed by atoms with E-state index in [-0.39, 0.29) is 17.4 Å². The van der Waals surface area contributed by atoms with Crippen molar-refractivity contribution >= 4 is 39.7 Å². The second-order valence-corrected chi connectivity index (χ2v) is 8.06. The maximum absolute atomic E-state index is 11.9. The van der Waals surface area contributed by atoms with E-state index in [1.807, 2.05) is 12.1 Å². The molecule has 5 nitrogen and oxygen atoms in total. The molecule has 0 saturated carbocycles. The first-order chi connectivity index (χ1) is 10.8. The van der Waals surface area contributed by atoms with E-state index in [4.69, 9.17) is 11.6 Å². The predicted molar refractivity (Wildman–Crippen MR) is 94.4 cm³/mol. The fourth-order valence-electron chi connectivity index (χ4n) is 2.41. The zero-order valence-electron chi connectivity index (χ0n) is 13.3. The van der Waals surface area contributed by atoms with Crippen LogP contribution in [0.1, 0.15) is 32.2 Å². The number of amides is 1. The lowest BCUT2D eigenvalue weighted by Gasteiger charge is -2.40. The summed E-state index contributed by atoms with van der Waals surface area (Å²) in [4.78, 5) is 13.7. The number of hydrogen-bond donors (Lipinski definition) is 1. The van der Waals surface area contributed by atoms with Gasteiger partial charge in [0.15, 0.2) is 0 Å². The van der Waals surface area contributed by atoms with Crippen molar-refractivity contribution in [3.05, 3.63) is 34.3 Å². The molecule has 1 atom stereocenters. The van der Waals surface area contributed by atoms with Crippen molar-refractivity contribution in [2.75, 3.05) is 16.8 Å². The van der Waals surface area contributed by atoms with Crippen molar-refractivity contribution in [2.24, 2.45) is 0 Å². The summed E-state index contributed by atoms with van der Waals surface area (Å²) >= 11 is 7.46. The largest absolute Gasteiger partial charge is 0.358 e. The summed E-state index contributed by atoms with van der Waals surface area (Å²) in [6.07, 6.45) is 0.542. The van der Waals surface area contributed by atoms with Crippen LogP contribution in [0.3, 0.4) is 0 Å². The van der Waals surface area contributed by atoms with E-state index in [0.29, 0.717) is 18.0 Å². The Balaban J connectivity index is 1.63. The Morgan fingerprint density at radius 1 is 1.30 bits per heavy atom. The van der Waals surface area contributed by atoms with Crippen LogP contribution < -0.4 is 10.2 Å². The van der Waals surface area contributed by atoms with E-state index < -0.39 is 0 Å². The van der Waals surface area contributed by atoms with Gasteiger partial charge in [0.1, 0.15) is 5.01 Å². The van der Waals surface area contributed by atoms with Gasteiger partial charge in [0.25, 0.3) is 0 Å². The summed E-state index contributed by atoms with van der Waals surface area (Å²) in [5, 5.41) is 14.2. The van der Waals surface area contributed by atoms with Crippen LogP contribution in [-0.4, -0.2) is 28.7 Å². The molecule has 0 aliphatic carbocycles. The van der Waals surface area contributed by atoms with Gasteiger partial charge in [-0.05, 0) is 24.3 Å². The first-order valence-corrected chi connectivity index (χ1v) is 8.69. The second-order valence-electron chi connectivity index (χ2n) is 6.64. The summed E-state index contributed by atoms with van der Waals surface area (Å²) in [7, 11) is 0. The first kappa shape index (κ1) is 16.2. The van der Waals surface area contributed by atoms with Crippen LogP contribution in [0.15, 0.2) is 24.3 Å². The molecule has 23 heavy (non-hydrogen) atoms. The van der Waals surface area contributed by atoms with Crippen molar-refractivity contribution < 1.29 is 4.79 Å². The molecule has 3 rings (SSSR count). The van der Waals surface area contributed by atoms with Crippen LogP contribution in [0.5, 0.6) is 0 Å². The summed E-state index contributed by atoms with van der Waals surface area (Å²) < 4.78 is 0. The van der Waals surface area contributed by atoms with Gasteiger partial charge in [-0.2, -0.15) is 0 Å². The lowest BCUT2D eigenvalue weighted by atomic mass is 9.98. The van der Waals surface area contributed by atoms with E-state index in [1.54, 1.807) is 28.4 Å². The Labute approximate surface area is 144 Å². The monoisotopic (exact) mass is 350 g/mol. The zero-order valence-corrected chi connectivity index (χ0v) is 14.9. The molecular weight excluding hydrogens is 332 g/mol. The average Bonchev–Trinajstić information content (AvgIpc) is 2.94. The Hall–Kier alpha value is -1.66. The van der Waals surface area contributed by atoms with Gasteiger partial charge in [0, 0.05) is 29.1 Å². The third-order valence-electron chi connectivity index (χ3n) is 3.70. The molecule has 1 N–H and O–H groups in total. The van der Waals surface area contributed by atoms with E-state index in [1.165, 1.54) is 0 Å². The molecular formula is C16H19ClN4OS. The van der Waals surface area contributed by atoms with Gasteiger partial charge in [-0.3, -0.25) is 4.79 Å². The molecule has 2 heterocycles. The predicted octanol–water partition coefficient (Wildman–Crippen LogP) is 3.71. The fourth-order valence-corrected chi connectivity index (χ4v) is 3.34. The van der Waals surface area contributed by atoms with E-state index in [2.05, 4.69) is 36.3 Å². The number of β-lactam (4-membered cyclic amide) rings is 1. The van der Waals surface area contributed by atoms with Crippen LogP contribution in [0.4, 0.5) is 10.8 Å². The summed E-state index contributed by atoms with van der Waals surface area (Å²) in [5.74, 6) is 0.131. The topological polar surface area (TPSA) is 58.1 Å². The Morgan fingerprint density at radius 3 is 2.57 bits per heavy atom. The minimum absolute atomic E-state index is 0.000621. The molecule has 1 aliphatic heterocycles. The normalized spacial score (nSPS) is 18.0. The molecule has 1 aliphatic rings. The van der Waals surface area contributed by atoms with Gasteiger partial charge in [-0.25, -0.2) is 0 Å². The molecule has 0 unspecified atom stereocenters. The maximum Gasteiger partial charge on any atom is 0.229 e. The summed E-state index contributed by atoms with van der Waals surface area (Å²) in [6.45, 7) is 7.01. The van der Waals surface area contributed by atoms with Crippen LogP contribution in [0.2, 0.25) is 5.02 Å². The highest BCUT2D eigenvalue weighted by Gasteiger charge is 2.37. The lowest BCUT2D eigenvalue weighted by molar-refractivity contribution is -0.123. The van der Waals surface area contributed by atoms with Gasteiger partial charge >= 0.3 is 0 Å². The van der Waals surface area contributed by atoms with Crippen LogP contribution in [0, 0.1) is 0 Å². The number of aromatic nitrogens is 2. The number of anilines is 2. The molecule has 2 aromatic rings. The Bertz CT molecular complexity index is 708. The van der Waals surface area contributed by atoms with Crippen LogP contribution in [0.25, 0.3) is 0 Å². The van der Waals surface area contributed by atoms with E-state index in [9.17, 15) is 4.79 Å². The Kier molecular flexibility index (Phi) is 4.29. The van der Waals surface area contributed by atoms with Gasteiger partial charge in [0.2, 0.25) is 11.0 Å². The van der Waals surface area contributed by atoms with Crippen molar-refractivity contribution in [1.29, 1.82) is 0 Å². The molecule has 7 heteroatoms. The molecule has 1 amide bonds. The molecule has 122 valence electrons. The van der Waals surface area contributed by atoms with Gasteiger partial charge < -0.3 is 10.2 Å². The standard InChI is InChI=1S/C16H19ClN4OS/c1-16(2,3)14-19-20-15(23-14)18-9-12-8-13(22)21(12)11-6-4-10(17)5-7-11/h4-7,12H,8-9H2,1-3H3,(H,18,20)/t12-/m0/s1. The number of rotatable bonds is 4. The van der Waals surface area contributed by atoms with Gasteiger partial charge in [-0.1, -0.05) is 43.7 Å². The number of hydrogen-bond acceptors (Lipinski definition) is 5. The number of benzene rings is 1. The highest BCUT2D eigenvalue weighted by molar-refractivity contribution is 7.15. The quantitative estimate of drug-likeness (QED) is 0.854. The molecule has 1 aromatic heterocycles. The summed E-state index contributed by atoms with van der Waals surface area (Å²) in [5.41, 5.74) is 0.879. The van der Waals surface area contributed by atoms with Crippen molar-refractivity contribution in [3.8, 4) is 0 Å². The third-order valence-corrected chi connectivity index (χ3v) is 5.26. The molecule has 1 fully saturated rings. The van der Waals surface area contributed by atoms with Gasteiger partial charge in [-0.15, -0.1) is 10.2 Å². The number of nitrogens with one attached hydrogen (secondary N) is 1. The highest BCUT2D eigenvalue weighted by atomic mass is 35.5. The zero-order chi connectivity index (χ0) is 16.6. The van der Waals surface area contributed by atoms with E-state index in [0.717, 1.165) is 15.8 Å². The molecule has 0 spiro atoms. The lowest BCUT2D eigenvalue weighted by Crippen LogP contribution is -2.56.